The number of hydrogen-bond donors (Lipinski definition) is 2. The summed E-state index contributed by atoms with van der Waals surface area (Å²) in [5, 5.41) is 17.5. The molecule has 0 unspecified atom stereocenters. The van der Waals surface area contributed by atoms with E-state index in [0.29, 0.717) is 6.20 Å². The molecule has 0 amide bonds. The van der Waals surface area contributed by atoms with Crippen molar-refractivity contribution in [2.24, 2.45) is 0 Å². The molecule has 0 aliphatic carbocycles. The van der Waals surface area contributed by atoms with Crippen molar-refractivity contribution in [2.75, 3.05) is 0 Å². The smallest absolute Gasteiger partial charge is 0.423 e. The summed E-state index contributed by atoms with van der Waals surface area (Å²) in [4.78, 5) is 3.29. The monoisotopic (exact) mass is 205 g/mol. The summed E-state index contributed by atoms with van der Waals surface area (Å²) in [7, 11) is -1.94. The third kappa shape index (κ3) is 2.05. The molecular weight excluding hydrogens is 198 g/mol. The van der Waals surface area contributed by atoms with Crippen molar-refractivity contribution in [3.8, 4) is 0 Å². The summed E-state index contributed by atoms with van der Waals surface area (Å²) in [6, 6.07) is 0. The normalized spacial score (nSPS) is 11.6. The van der Waals surface area contributed by atoms with E-state index in [1.54, 1.807) is 0 Å². The van der Waals surface area contributed by atoms with Crippen LogP contribution in [0.4, 0.5) is 13.2 Å². The summed E-state index contributed by atoms with van der Waals surface area (Å²) < 4.78 is 36.9. The van der Waals surface area contributed by atoms with Crippen molar-refractivity contribution in [3.05, 3.63) is 23.5 Å². The summed E-state index contributed by atoms with van der Waals surface area (Å²) >= 11 is 0. The van der Waals surface area contributed by atoms with Gasteiger partial charge in [-0.05, 0) is 12.5 Å². The second kappa shape index (κ2) is 3.59. The van der Waals surface area contributed by atoms with Crippen LogP contribution in [-0.4, -0.2) is 22.2 Å². The van der Waals surface area contributed by atoms with Crippen LogP contribution in [0.1, 0.15) is 11.1 Å². The fourth-order valence-electron chi connectivity index (χ4n) is 1.09. The molecule has 2 N–H and O–H groups in total. The molecule has 3 nitrogen and oxygen atoms in total. The molecule has 7 heteroatoms. The standard InChI is InChI=1S/C7H7BF3NO2/c1-4-5(7(9,10)11)2-12-3-6(4)8(13)14/h2-3,13-14H,1H3. The van der Waals surface area contributed by atoms with Crippen LogP contribution in [0.2, 0.25) is 0 Å². The van der Waals surface area contributed by atoms with E-state index in [9.17, 15) is 13.2 Å². The van der Waals surface area contributed by atoms with E-state index in [4.69, 9.17) is 10.0 Å². The van der Waals surface area contributed by atoms with E-state index in [1.807, 2.05) is 0 Å². The first kappa shape index (κ1) is 11.0. The SMILES string of the molecule is Cc1c(B(O)O)cncc1C(F)(F)F. The van der Waals surface area contributed by atoms with Crippen molar-refractivity contribution in [3.63, 3.8) is 0 Å². The Bertz CT molecular complexity index is 340. The van der Waals surface area contributed by atoms with Crippen molar-refractivity contribution < 1.29 is 23.2 Å². The molecule has 0 saturated heterocycles. The zero-order valence-electron chi connectivity index (χ0n) is 7.21. The van der Waals surface area contributed by atoms with Crippen molar-refractivity contribution in [1.82, 2.24) is 4.98 Å². The maximum Gasteiger partial charge on any atom is 0.490 e. The Balaban J connectivity index is 3.28. The second-order valence-electron chi connectivity index (χ2n) is 2.77. The largest absolute Gasteiger partial charge is 0.490 e. The molecule has 0 aliphatic rings. The first-order chi connectivity index (χ1) is 6.34. The van der Waals surface area contributed by atoms with Gasteiger partial charge in [-0.2, -0.15) is 13.2 Å². The lowest BCUT2D eigenvalue weighted by Crippen LogP contribution is -2.34. The minimum atomic E-state index is -4.53. The Morgan fingerprint density at radius 3 is 2.29 bits per heavy atom. The van der Waals surface area contributed by atoms with Gasteiger partial charge in [0.1, 0.15) is 0 Å². The maximum absolute atomic E-state index is 12.3. The zero-order valence-corrected chi connectivity index (χ0v) is 7.21. The van der Waals surface area contributed by atoms with Crippen LogP contribution in [0, 0.1) is 6.92 Å². The quantitative estimate of drug-likeness (QED) is 0.638. The molecule has 1 aromatic heterocycles. The number of aromatic nitrogens is 1. The molecule has 1 heterocycles. The molecule has 0 aromatic carbocycles. The van der Waals surface area contributed by atoms with Crippen LogP contribution < -0.4 is 5.46 Å². The van der Waals surface area contributed by atoms with Crippen molar-refractivity contribution in [1.29, 1.82) is 0 Å². The molecule has 1 rings (SSSR count). The predicted molar refractivity (Wildman–Crippen MR) is 43.8 cm³/mol. The molecule has 0 saturated carbocycles. The van der Waals surface area contributed by atoms with Gasteiger partial charge in [-0.15, -0.1) is 0 Å². The van der Waals surface area contributed by atoms with Gasteiger partial charge in [-0.3, -0.25) is 4.98 Å². The summed E-state index contributed by atoms with van der Waals surface area (Å²) in [5.74, 6) is 0. The highest BCUT2D eigenvalue weighted by atomic mass is 19.4. The molecule has 0 aliphatic heterocycles. The first-order valence-corrected chi connectivity index (χ1v) is 3.72. The summed E-state index contributed by atoms with van der Waals surface area (Å²) in [5.41, 5.74) is -1.41. The molecule has 76 valence electrons. The highest BCUT2D eigenvalue weighted by molar-refractivity contribution is 6.59. The lowest BCUT2D eigenvalue weighted by atomic mass is 9.77. The Morgan fingerprint density at radius 2 is 1.86 bits per heavy atom. The van der Waals surface area contributed by atoms with E-state index in [0.717, 1.165) is 6.20 Å². The number of hydrogen-bond acceptors (Lipinski definition) is 3. The van der Waals surface area contributed by atoms with E-state index in [1.165, 1.54) is 6.92 Å². The Kier molecular flexibility index (Phi) is 2.82. The average molecular weight is 205 g/mol. The zero-order chi connectivity index (χ0) is 10.9. The molecule has 14 heavy (non-hydrogen) atoms. The maximum atomic E-state index is 12.3. The van der Waals surface area contributed by atoms with E-state index in [2.05, 4.69) is 4.98 Å². The molecule has 0 atom stereocenters. The first-order valence-electron chi connectivity index (χ1n) is 3.72. The number of alkyl halides is 3. The highest BCUT2D eigenvalue weighted by Crippen LogP contribution is 2.30. The fraction of sp³-hybridized carbons (Fsp3) is 0.286. The Morgan fingerprint density at radius 1 is 1.29 bits per heavy atom. The van der Waals surface area contributed by atoms with Gasteiger partial charge in [0, 0.05) is 17.9 Å². The minimum absolute atomic E-state index is 0.220. The fourth-order valence-corrected chi connectivity index (χ4v) is 1.09. The number of pyridine rings is 1. The molecule has 1 aromatic rings. The van der Waals surface area contributed by atoms with Crippen molar-refractivity contribution in [2.45, 2.75) is 13.1 Å². The number of halogens is 3. The van der Waals surface area contributed by atoms with E-state index >= 15 is 0 Å². The third-order valence-corrected chi connectivity index (χ3v) is 1.84. The molecule has 0 spiro atoms. The Labute approximate surface area is 78.4 Å². The lowest BCUT2D eigenvalue weighted by molar-refractivity contribution is -0.138. The van der Waals surface area contributed by atoms with Crippen molar-refractivity contribution >= 4 is 12.6 Å². The van der Waals surface area contributed by atoms with E-state index in [-0.39, 0.29) is 11.0 Å². The van der Waals surface area contributed by atoms with Crippen LogP contribution >= 0.6 is 0 Å². The second-order valence-corrected chi connectivity index (χ2v) is 2.77. The number of rotatable bonds is 1. The minimum Gasteiger partial charge on any atom is -0.423 e. The van der Waals surface area contributed by atoms with Crippen LogP contribution in [-0.2, 0) is 6.18 Å². The topological polar surface area (TPSA) is 53.4 Å². The molecule has 0 bridgehead atoms. The van der Waals surface area contributed by atoms with Crippen LogP contribution in [0.25, 0.3) is 0 Å². The molecule has 0 radical (unpaired) electrons. The number of nitrogens with zero attached hydrogens (tertiary/aromatic N) is 1. The molecule has 0 fully saturated rings. The van der Waals surface area contributed by atoms with Gasteiger partial charge < -0.3 is 10.0 Å². The van der Waals surface area contributed by atoms with Gasteiger partial charge in [0.15, 0.2) is 0 Å². The predicted octanol–water partition coefficient (Wildman–Crippen LogP) is 0.0886. The highest BCUT2D eigenvalue weighted by Gasteiger charge is 2.34. The van der Waals surface area contributed by atoms with E-state index < -0.39 is 18.9 Å². The average Bonchev–Trinajstić information content (AvgIpc) is 2.01. The Hall–Kier alpha value is -1.08. The lowest BCUT2D eigenvalue weighted by Gasteiger charge is -2.12. The van der Waals surface area contributed by atoms with Gasteiger partial charge in [-0.1, -0.05) is 0 Å². The van der Waals surface area contributed by atoms with Crippen LogP contribution in [0.5, 0.6) is 0 Å². The summed E-state index contributed by atoms with van der Waals surface area (Å²) in [6.45, 7) is 1.17. The van der Waals surface area contributed by atoms with Crippen LogP contribution in [0.3, 0.4) is 0 Å². The summed E-state index contributed by atoms with van der Waals surface area (Å²) in [6.07, 6.45) is -2.88. The molecular formula is C7H7BF3NO2. The van der Waals surface area contributed by atoms with Gasteiger partial charge in [0.2, 0.25) is 0 Å². The van der Waals surface area contributed by atoms with Gasteiger partial charge >= 0.3 is 13.3 Å². The van der Waals surface area contributed by atoms with Gasteiger partial charge in [-0.25, -0.2) is 0 Å². The van der Waals surface area contributed by atoms with Gasteiger partial charge in [0.05, 0.1) is 5.56 Å². The van der Waals surface area contributed by atoms with Crippen LogP contribution in [0.15, 0.2) is 12.4 Å². The third-order valence-electron chi connectivity index (χ3n) is 1.84. The van der Waals surface area contributed by atoms with Gasteiger partial charge in [0.25, 0.3) is 0 Å².